The van der Waals surface area contributed by atoms with Crippen molar-refractivity contribution in [2.24, 2.45) is 5.92 Å². The van der Waals surface area contributed by atoms with Gasteiger partial charge in [-0.1, -0.05) is 74.5 Å². The summed E-state index contributed by atoms with van der Waals surface area (Å²) in [5, 5.41) is 2.97. The maximum absolute atomic E-state index is 13.4. The SMILES string of the molecule is Cc1ccc(CN(Cc2ccccc2)C(=O)CN(CC(C)C)C(=O)NCc2ccccc2)s1. The van der Waals surface area contributed by atoms with Gasteiger partial charge in [-0.2, -0.15) is 0 Å². The summed E-state index contributed by atoms with van der Waals surface area (Å²) in [6, 6.07) is 23.7. The first kappa shape index (κ1) is 24.5. The lowest BCUT2D eigenvalue weighted by atomic mass is 10.2. The average molecular weight is 464 g/mol. The second kappa shape index (κ2) is 12.2. The van der Waals surface area contributed by atoms with Crippen LogP contribution in [-0.4, -0.2) is 34.8 Å². The fraction of sp³-hybridized carbons (Fsp3) is 0.333. The summed E-state index contributed by atoms with van der Waals surface area (Å²) in [4.78, 5) is 32.3. The minimum absolute atomic E-state index is 0.0516. The van der Waals surface area contributed by atoms with Crippen molar-refractivity contribution in [2.75, 3.05) is 13.1 Å². The number of benzene rings is 2. The van der Waals surface area contributed by atoms with Crippen LogP contribution in [0.2, 0.25) is 0 Å². The molecule has 3 rings (SSSR count). The highest BCUT2D eigenvalue weighted by atomic mass is 32.1. The summed E-state index contributed by atoms with van der Waals surface area (Å²) < 4.78 is 0. The van der Waals surface area contributed by atoms with Crippen LogP contribution in [0.3, 0.4) is 0 Å². The van der Waals surface area contributed by atoms with Crippen LogP contribution in [0.25, 0.3) is 0 Å². The first-order chi connectivity index (χ1) is 15.9. The largest absolute Gasteiger partial charge is 0.334 e. The number of carbonyl (C=O) groups excluding carboxylic acids is 2. The van der Waals surface area contributed by atoms with Crippen LogP contribution >= 0.6 is 11.3 Å². The van der Waals surface area contributed by atoms with Crippen LogP contribution in [0.15, 0.2) is 72.8 Å². The Balaban J connectivity index is 1.71. The van der Waals surface area contributed by atoms with Gasteiger partial charge in [0.2, 0.25) is 5.91 Å². The van der Waals surface area contributed by atoms with Gasteiger partial charge in [-0.25, -0.2) is 4.79 Å². The Morgan fingerprint density at radius 1 is 0.848 bits per heavy atom. The van der Waals surface area contributed by atoms with Gasteiger partial charge >= 0.3 is 6.03 Å². The minimum atomic E-state index is -0.215. The maximum atomic E-state index is 13.4. The van der Waals surface area contributed by atoms with E-state index in [1.807, 2.05) is 65.6 Å². The predicted octanol–water partition coefficient (Wildman–Crippen LogP) is 5.45. The third-order valence-corrected chi connectivity index (χ3v) is 6.18. The van der Waals surface area contributed by atoms with Crippen molar-refractivity contribution in [3.63, 3.8) is 0 Å². The lowest BCUT2D eigenvalue weighted by Gasteiger charge is -2.29. The van der Waals surface area contributed by atoms with Gasteiger partial charge in [0.05, 0.1) is 6.54 Å². The minimum Gasteiger partial charge on any atom is -0.334 e. The quantitative estimate of drug-likeness (QED) is 0.434. The number of nitrogens with one attached hydrogen (secondary N) is 1. The molecule has 6 heteroatoms. The van der Waals surface area contributed by atoms with E-state index in [0.29, 0.717) is 26.2 Å². The molecule has 0 aliphatic heterocycles. The number of hydrogen-bond acceptors (Lipinski definition) is 3. The van der Waals surface area contributed by atoms with E-state index in [4.69, 9.17) is 0 Å². The van der Waals surface area contributed by atoms with E-state index in [9.17, 15) is 9.59 Å². The summed E-state index contributed by atoms with van der Waals surface area (Å²) in [6.07, 6.45) is 0. The first-order valence-corrected chi connectivity index (χ1v) is 12.2. The van der Waals surface area contributed by atoms with E-state index < -0.39 is 0 Å². The summed E-state index contributed by atoms with van der Waals surface area (Å²) in [5.41, 5.74) is 2.10. The van der Waals surface area contributed by atoms with Crippen molar-refractivity contribution in [1.29, 1.82) is 0 Å². The number of rotatable bonds is 10. The fourth-order valence-corrected chi connectivity index (χ4v) is 4.51. The van der Waals surface area contributed by atoms with E-state index in [0.717, 1.165) is 16.0 Å². The van der Waals surface area contributed by atoms with Crippen LogP contribution in [0.1, 0.15) is 34.7 Å². The Labute approximate surface area is 201 Å². The van der Waals surface area contributed by atoms with E-state index in [2.05, 4.69) is 38.2 Å². The molecule has 0 aliphatic carbocycles. The van der Waals surface area contributed by atoms with E-state index in [-0.39, 0.29) is 24.4 Å². The Morgan fingerprint density at radius 2 is 1.48 bits per heavy atom. The number of hydrogen-bond donors (Lipinski definition) is 1. The number of urea groups is 1. The molecule has 1 aromatic heterocycles. The van der Waals surface area contributed by atoms with Crippen LogP contribution in [0, 0.1) is 12.8 Å². The van der Waals surface area contributed by atoms with Gasteiger partial charge in [0, 0.05) is 29.4 Å². The summed E-state index contributed by atoms with van der Waals surface area (Å²) in [7, 11) is 0. The summed E-state index contributed by atoms with van der Waals surface area (Å²) in [5.74, 6) is 0.197. The Morgan fingerprint density at radius 3 is 2.06 bits per heavy atom. The number of nitrogens with zero attached hydrogens (tertiary/aromatic N) is 2. The molecule has 1 N–H and O–H groups in total. The molecule has 0 atom stereocenters. The van der Waals surface area contributed by atoms with Gasteiger partial charge in [-0.15, -0.1) is 11.3 Å². The molecule has 2 aromatic carbocycles. The zero-order valence-electron chi connectivity index (χ0n) is 19.7. The standard InChI is InChI=1S/C27H33N3O2S/c1-21(2)17-30(27(32)28-16-23-10-6-4-7-11-23)20-26(31)29(18-24-12-8-5-9-13-24)19-25-15-14-22(3)33-25/h4-15,21H,16-20H2,1-3H3,(H,28,32). The van der Waals surface area contributed by atoms with Crippen molar-refractivity contribution >= 4 is 23.3 Å². The normalized spacial score (nSPS) is 10.8. The molecule has 0 fully saturated rings. The lowest BCUT2D eigenvalue weighted by Crippen LogP contribution is -2.47. The highest BCUT2D eigenvalue weighted by molar-refractivity contribution is 7.11. The van der Waals surface area contributed by atoms with Crippen molar-refractivity contribution in [1.82, 2.24) is 15.1 Å². The third kappa shape index (κ3) is 8.06. The second-order valence-electron chi connectivity index (χ2n) is 8.67. The van der Waals surface area contributed by atoms with Gasteiger partial charge in [-0.05, 0) is 36.1 Å². The maximum Gasteiger partial charge on any atom is 0.318 e. The molecule has 0 saturated carbocycles. The lowest BCUT2D eigenvalue weighted by molar-refractivity contribution is -0.133. The van der Waals surface area contributed by atoms with Gasteiger partial charge in [0.1, 0.15) is 6.54 Å². The van der Waals surface area contributed by atoms with E-state index >= 15 is 0 Å². The molecule has 0 aliphatic rings. The molecule has 0 saturated heterocycles. The predicted molar refractivity (Wildman–Crippen MR) is 135 cm³/mol. The van der Waals surface area contributed by atoms with Gasteiger partial charge in [-0.3, -0.25) is 4.79 Å². The molecule has 0 bridgehead atoms. The molecule has 5 nitrogen and oxygen atoms in total. The van der Waals surface area contributed by atoms with E-state index in [1.165, 1.54) is 4.88 Å². The van der Waals surface area contributed by atoms with Gasteiger partial charge in [0.15, 0.2) is 0 Å². The molecule has 0 spiro atoms. The zero-order chi connectivity index (χ0) is 23.6. The van der Waals surface area contributed by atoms with E-state index in [1.54, 1.807) is 16.2 Å². The van der Waals surface area contributed by atoms with Crippen LogP contribution in [-0.2, 0) is 24.4 Å². The molecule has 33 heavy (non-hydrogen) atoms. The molecular formula is C27H33N3O2S. The fourth-order valence-electron chi connectivity index (χ4n) is 3.60. The summed E-state index contributed by atoms with van der Waals surface area (Å²) >= 11 is 1.70. The number of aryl methyl sites for hydroxylation is 1. The second-order valence-corrected chi connectivity index (χ2v) is 10.0. The average Bonchev–Trinajstić information content (AvgIpc) is 3.22. The van der Waals surface area contributed by atoms with Crippen molar-refractivity contribution < 1.29 is 9.59 Å². The molecular weight excluding hydrogens is 430 g/mol. The third-order valence-electron chi connectivity index (χ3n) is 5.20. The zero-order valence-corrected chi connectivity index (χ0v) is 20.5. The number of amides is 3. The van der Waals surface area contributed by atoms with Crippen molar-refractivity contribution in [2.45, 2.75) is 40.4 Å². The smallest absolute Gasteiger partial charge is 0.318 e. The Bertz CT molecular complexity index is 1020. The number of carbonyl (C=O) groups is 2. The first-order valence-electron chi connectivity index (χ1n) is 11.3. The highest BCUT2D eigenvalue weighted by Gasteiger charge is 2.23. The Kier molecular flexibility index (Phi) is 9.07. The molecule has 0 radical (unpaired) electrons. The highest BCUT2D eigenvalue weighted by Crippen LogP contribution is 2.19. The topological polar surface area (TPSA) is 52.7 Å². The summed E-state index contributed by atoms with van der Waals surface area (Å²) in [6.45, 7) is 8.23. The molecule has 3 amide bonds. The number of thiophene rings is 1. The Hall–Kier alpha value is -3.12. The molecule has 174 valence electrons. The van der Waals surface area contributed by atoms with Gasteiger partial charge < -0.3 is 15.1 Å². The van der Waals surface area contributed by atoms with Crippen LogP contribution < -0.4 is 5.32 Å². The molecule has 0 unspecified atom stereocenters. The molecule has 1 heterocycles. The van der Waals surface area contributed by atoms with Crippen LogP contribution in [0.5, 0.6) is 0 Å². The van der Waals surface area contributed by atoms with Crippen LogP contribution in [0.4, 0.5) is 4.79 Å². The van der Waals surface area contributed by atoms with Crippen molar-refractivity contribution in [3.05, 3.63) is 93.7 Å². The molecule has 3 aromatic rings. The monoisotopic (exact) mass is 463 g/mol. The van der Waals surface area contributed by atoms with Crippen molar-refractivity contribution in [3.8, 4) is 0 Å². The van der Waals surface area contributed by atoms with Gasteiger partial charge in [0.25, 0.3) is 0 Å².